The van der Waals surface area contributed by atoms with Crippen LogP contribution in [0, 0.1) is 0 Å². The van der Waals surface area contributed by atoms with Crippen molar-refractivity contribution in [2.45, 2.75) is 6.92 Å². The first kappa shape index (κ1) is 24.5. The van der Waals surface area contributed by atoms with Crippen LogP contribution in [0.5, 0.6) is 0 Å². The molecule has 2 aromatic carbocycles. The Kier molecular flexibility index (Phi) is 8.05. The van der Waals surface area contributed by atoms with E-state index in [0.29, 0.717) is 22.0 Å². The Balaban J connectivity index is 2.20. The van der Waals surface area contributed by atoms with Crippen LogP contribution in [0.15, 0.2) is 78.2 Å². The van der Waals surface area contributed by atoms with Crippen LogP contribution in [0.25, 0.3) is 12.2 Å². The first-order chi connectivity index (χ1) is 16.3. The maximum absolute atomic E-state index is 12.8. The van der Waals surface area contributed by atoms with Crippen molar-refractivity contribution in [2.75, 3.05) is 24.4 Å². The van der Waals surface area contributed by atoms with E-state index in [1.54, 1.807) is 48.7 Å². The molecule has 0 aliphatic carbocycles. The molecule has 0 aromatic heterocycles. The van der Waals surface area contributed by atoms with Gasteiger partial charge in [0.25, 0.3) is 0 Å². The number of rotatable bonds is 6. The molecule has 0 unspecified atom stereocenters. The zero-order valence-corrected chi connectivity index (χ0v) is 19.6. The highest BCUT2D eigenvalue weighted by molar-refractivity contribution is 6.30. The molecule has 7 nitrogen and oxygen atoms in total. The quantitative estimate of drug-likeness (QED) is 0.466. The molecule has 0 radical (unpaired) electrons. The third kappa shape index (κ3) is 5.82. The van der Waals surface area contributed by atoms with Crippen LogP contribution in [0.2, 0.25) is 5.02 Å². The predicted octanol–water partition coefficient (Wildman–Crippen LogP) is 4.96. The average molecular weight is 479 g/mol. The number of allylic oxidation sites excluding steroid dienone is 2. The lowest BCUT2D eigenvalue weighted by Gasteiger charge is -2.25. The number of amides is 1. The fraction of sp³-hybridized carbons (Fsp3) is 0.115. The normalized spacial score (nSPS) is 13.1. The fourth-order valence-corrected chi connectivity index (χ4v) is 3.41. The van der Waals surface area contributed by atoms with Gasteiger partial charge in [-0.05, 0) is 47.5 Å². The molecule has 2 aromatic rings. The highest BCUT2D eigenvalue weighted by Crippen LogP contribution is 2.33. The fourth-order valence-electron chi connectivity index (χ4n) is 3.29. The number of hydrogen-bond acceptors (Lipinski definition) is 6. The molecule has 0 spiro atoms. The van der Waals surface area contributed by atoms with Gasteiger partial charge in [-0.15, -0.1) is 0 Å². The number of ether oxygens (including phenoxy) is 2. The highest BCUT2D eigenvalue weighted by atomic mass is 35.5. The molecule has 0 atom stereocenters. The smallest absolute Gasteiger partial charge is 0.355 e. The number of benzene rings is 2. The van der Waals surface area contributed by atoms with Gasteiger partial charge in [0.05, 0.1) is 25.5 Å². The number of carbonyl (C=O) groups excluding carboxylic acids is 3. The Morgan fingerprint density at radius 3 is 2.29 bits per heavy atom. The Labute approximate surface area is 202 Å². The van der Waals surface area contributed by atoms with Crippen LogP contribution in [0.3, 0.4) is 0 Å². The monoisotopic (exact) mass is 478 g/mol. The number of halogens is 1. The lowest BCUT2D eigenvalue weighted by molar-refractivity contribution is -0.139. The van der Waals surface area contributed by atoms with E-state index in [9.17, 15) is 14.4 Å². The summed E-state index contributed by atoms with van der Waals surface area (Å²) in [4.78, 5) is 38.5. The molecular formula is C26H23ClN2O5. The zero-order valence-electron chi connectivity index (χ0n) is 18.9. The maximum atomic E-state index is 12.8. The van der Waals surface area contributed by atoms with Crippen molar-refractivity contribution in [1.29, 1.82) is 0 Å². The molecule has 1 aliphatic heterocycles. The Morgan fingerprint density at radius 1 is 0.941 bits per heavy atom. The average Bonchev–Trinajstić information content (AvgIpc) is 3.06. The molecule has 8 heteroatoms. The van der Waals surface area contributed by atoms with Crippen molar-refractivity contribution in [3.05, 3.63) is 94.3 Å². The third-order valence-corrected chi connectivity index (χ3v) is 5.08. The molecule has 1 amide bonds. The first-order valence-corrected chi connectivity index (χ1v) is 10.6. The van der Waals surface area contributed by atoms with Crippen LogP contribution >= 0.6 is 11.6 Å². The molecule has 1 aliphatic rings. The van der Waals surface area contributed by atoms with Gasteiger partial charge < -0.3 is 19.7 Å². The second kappa shape index (κ2) is 11.2. The van der Waals surface area contributed by atoms with E-state index >= 15 is 0 Å². The molecule has 0 bridgehead atoms. The van der Waals surface area contributed by atoms with E-state index in [2.05, 4.69) is 5.32 Å². The first-order valence-electron chi connectivity index (χ1n) is 10.2. The van der Waals surface area contributed by atoms with Crippen LogP contribution in [-0.2, 0) is 23.9 Å². The van der Waals surface area contributed by atoms with E-state index in [-0.39, 0.29) is 17.2 Å². The molecule has 1 N–H and O–H groups in total. The van der Waals surface area contributed by atoms with Crippen LogP contribution < -0.4 is 10.2 Å². The lowest BCUT2D eigenvalue weighted by atomic mass is 10.1. The standard InChI is InChI=1S/C26H23ClN2O5/c1-17(30)28-21-14-11-19(10-7-18-8-12-20(27)13-9-18)23(16-21)29-15-5-4-6-22(25(31)33-2)24(29)26(32)34-3/h4-16H,1-3H3,(H,28,30). The van der Waals surface area contributed by atoms with Crippen molar-refractivity contribution in [3.63, 3.8) is 0 Å². The largest absolute Gasteiger partial charge is 0.465 e. The number of nitrogens with one attached hydrogen (secondary N) is 1. The zero-order chi connectivity index (χ0) is 24.7. The summed E-state index contributed by atoms with van der Waals surface area (Å²) in [5.74, 6) is -1.67. The molecule has 0 saturated heterocycles. The molecule has 0 saturated carbocycles. The highest BCUT2D eigenvalue weighted by Gasteiger charge is 2.28. The molecule has 0 fully saturated rings. The van der Waals surface area contributed by atoms with Crippen molar-refractivity contribution < 1.29 is 23.9 Å². The van der Waals surface area contributed by atoms with Crippen LogP contribution in [0.4, 0.5) is 11.4 Å². The minimum Gasteiger partial charge on any atom is -0.465 e. The summed E-state index contributed by atoms with van der Waals surface area (Å²) < 4.78 is 9.87. The summed E-state index contributed by atoms with van der Waals surface area (Å²) in [6.07, 6.45) is 10.2. The van der Waals surface area contributed by atoms with Crippen molar-refractivity contribution in [2.24, 2.45) is 0 Å². The van der Waals surface area contributed by atoms with E-state index < -0.39 is 11.9 Å². The lowest BCUT2D eigenvalue weighted by Crippen LogP contribution is -2.27. The van der Waals surface area contributed by atoms with Crippen molar-refractivity contribution >= 4 is 53.0 Å². The van der Waals surface area contributed by atoms with Gasteiger partial charge in [-0.1, -0.05) is 48.0 Å². The minimum absolute atomic E-state index is 0.0249. The number of hydrogen-bond donors (Lipinski definition) is 1. The van der Waals surface area contributed by atoms with E-state index in [4.69, 9.17) is 21.1 Å². The molecule has 174 valence electrons. The molecule has 3 rings (SSSR count). The van der Waals surface area contributed by atoms with Crippen molar-refractivity contribution in [1.82, 2.24) is 0 Å². The van der Waals surface area contributed by atoms with Gasteiger partial charge in [0.15, 0.2) is 0 Å². The molecular weight excluding hydrogens is 456 g/mol. The maximum Gasteiger partial charge on any atom is 0.355 e. The van der Waals surface area contributed by atoms with Gasteiger partial charge in [0.1, 0.15) is 5.70 Å². The Bertz CT molecular complexity index is 1230. The SMILES string of the molecule is COC(=O)C1=C(C(=O)OC)N(c2cc(NC(C)=O)ccc2C=Cc2ccc(Cl)cc2)C=CC=C1. The van der Waals surface area contributed by atoms with E-state index in [0.717, 1.165) is 5.56 Å². The second-order valence-electron chi connectivity index (χ2n) is 7.16. The minimum atomic E-state index is -0.728. The number of methoxy groups -OCH3 is 2. The van der Waals surface area contributed by atoms with Gasteiger partial charge >= 0.3 is 11.9 Å². The van der Waals surface area contributed by atoms with Gasteiger partial charge in [0.2, 0.25) is 5.91 Å². The van der Waals surface area contributed by atoms with Crippen LogP contribution in [0.1, 0.15) is 18.1 Å². The number of nitrogens with zero attached hydrogens (tertiary/aromatic N) is 1. The van der Waals surface area contributed by atoms with Gasteiger partial charge in [-0.2, -0.15) is 0 Å². The van der Waals surface area contributed by atoms with E-state index in [1.807, 2.05) is 24.3 Å². The van der Waals surface area contributed by atoms with Gasteiger partial charge in [-0.25, -0.2) is 9.59 Å². The summed E-state index contributed by atoms with van der Waals surface area (Å²) in [6.45, 7) is 1.40. The van der Waals surface area contributed by atoms with Gasteiger partial charge in [0, 0.05) is 23.8 Å². The summed E-state index contributed by atoms with van der Waals surface area (Å²) in [7, 11) is 2.47. The number of anilines is 2. The summed E-state index contributed by atoms with van der Waals surface area (Å²) in [5, 5.41) is 3.37. The van der Waals surface area contributed by atoms with Crippen LogP contribution in [-0.4, -0.2) is 32.1 Å². The Morgan fingerprint density at radius 2 is 1.65 bits per heavy atom. The van der Waals surface area contributed by atoms with E-state index in [1.165, 1.54) is 32.1 Å². The predicted molar refractivity (Wildman–Crippen MR) is 133 cm³/mol. The summed E-state index contributed by atoms with van der Waals surface area (Å²) in [5.41, 5.74) is 2.66. The van der Waals surface area contributed by atoms with Gasteiger partial charge in [-0.3, -0.25) is 4.79 Å². The molecule has 34 heavy (non-hydrogen) atoms. The molecule has 1 heterocycles. The second-order valence-corrected chi connectivity index (χ2v) is 7.59. The van der Waals surface area contributed by atoms with Crippen molar-refractivity contribution in [3.8, 4) is 0 Å². The Hall–Kier alpha value is -4.10. The summed E-state index contributed by atoms with van der Waals surface area (Å²) in [6, 6.07) is 12.6. The topological polar surface area (TPSA) is 84.9 Å². The summed E-state index contributed by atoms with van der Waals surface area (Å²) >= 11 is 5.98. The third-order valence-electron chi connectivity index (χ3n) is 4.82. The number of esters is 2. The number of carbonyl (C=O) groups is 3.